The summed E-state index contributed by atoms with van der Waals surface area (Å²) in [5, 5.41) is 4.56. The summed E-state index contributed by atoms with van der Waals surface area (Å²) in [6, 6.07) is 6.55. The van der Waals surface area contributed by atoms with E-state index in [0.717, 1.165) is 29.6 Å². The number of H-pyrrole nitrogens is 1. The van der Waals surface area contributed by atoms with E-state index in [1.54, 1.807) is 0 Å². The van der Waals surface area contributed by atoms with Gasteiger partial charge in [-0.1, -0.05) is 0 Å². The van der Waals surface area contributed by atoms with Crippen LogP contribution in [0.3, 0.4) is 0 Å². The summed E-state index contributed by atoms with van der Waals surface area (Å²) in [6.45, 7) is 10.0. The van der Waals surface area contributed by atoms with E-state index in [9.17, 15) is 4.79 Å². The zero-order valence-corrected chi connectivity index (χ0v) is 13.2. The van der Waals surface area contributed by atoms with Crippen molar-refractivity contribution in [1.82, 2.24) is 15.2 Å². The van der Waals surface area contributed by atoms with Crippen molar-refractivity contribution in [2.24, 2.45) is 0 Å². The van der Waals surface area contributed by atoms with Gasteiger partial charge in [-0.2, -0.15) is 0 Å². The SMILES string of the molecule is Cc1[nH]c2ccc(C(=O)N3CC(C)NCC3C)cc2c1C. The fourth-order valence-electron chi connectivity index (χ4n) is 3.06. The zero-order valence-electron chi connectivity index (χ0n) is 13.2. The average molecular weight is 285 g/mol. The van der Waals surface area contributed by atoms with Crippen molar-refractivity contribution in [3.8, 4) is 0 Å². The van der Waals surface area contributed by atoms with Gasteiger partial charge in [0.1, 0.15) is 0 Å². The molecule has 1 aromatic heterocycles. The van der Waals surface area contributed by atoms with Crippen LogP contribution in [-0.2, 0) is 0 Å². The number of aryl methyl sites for hydroxylation is 2. The lowest BCUT2D eigenvalue weighted by molar-refractivity contribution is 0.0616. The number of amides is 1. The van der Waals surface area contributed by atoms with Gasteiger partial charge in [0.25, 0.3) is 5.91 Å². The molecule has 0 radical (unpaired) electrons. The molecule has 1 aliphatic heterocycles. The standard InChI is InChI=1S/C17H23N3O/c1-10-9-20(11(2)8-18-10)17(21)14-5-6-16-15(7-14)12(3)13(4)19-16/h5-7,10-11,18-19H,8-9H2,1-4H3. The summed E-state index contributed by atoms with van der Waals surface area (Å²) in [5.41, 5.74) is 4.27. The largest absolute Gasteiger partial charge is 0.358 e. The number of carbonyl (C=O) groups excluding carboxylic acids is 1. The van der Waals surface area contributed by atoms with Gasteiger partial charge in [0.05, 0.1) is 0 Å². The lowest BCUT2D eigenvalue weighted by Crippen LogP contribution is -2.56. The van der Waals surface area contributed by atoms with Gasteiger partial charge in [0, 0.05) is 47.3 Å². The Morgan fingerprint density at radius 1 is 1.29 bits per heavy atom. The average Bonchev–Trinajstić information content (AvgIpc) is 2.76. The normalized spacial score (nSPS) is 22.8. The highest BCUT2D eigenvalue weighted by atomic mass is 16.2. The van der Waals surface area contributed by atoms with E-state index in [2.05, 4.69) is 38.0 Å². The molecule has 1 fully saturated rings. The number of nitrogens with zero attached hydrogens (tertiary/aromatic N) is 1. The second-order valence-corrected chi connectivity index (χ2v) is 6.25. The summed E-state index contributed by atoms with van der Waals surface area (Å²) in [5.74, 6) is 0.135. The van der Waals surface area contributed by atoms with E-state index in [1.165, 1.54) is 11.3 Å². The topological polar surface area (TPSA) is 48.1 Å². The van der Waals surface area contributed by atoms with Gasteiger partial charge in [-0.3, -0.25) is 4.79 Å². The van der Waals surface area contributed by atoms with Gasteiger partial charge in [-0.05, 0) is 51.5 Å². The van der Waals surface area contributed by atoms with Crippen molar-refractivity contribution < 1.29 is 4.79 Å². The Morgan fingerprint density at radius 3 is 2.81 bits per heavy atom. The number of aromatic nitrogens is 1. The highest BCUT2D eigenvalue weighted by molar-refractivity contribution is 5.99. The van der Waals surface area contributed by atoms with Gasteiger partial charge < -0.3 is 15.2 Å². The van der Waals surface area contributed by atoms with E-state index in [4.69, 9.17) is 0 Å². The Labute approximate surface area is 125 Å². The van der Waals surface area contributed by atoms with Crippen LogP contribution >= 0.6 is 0 Å². The van der Waals surface area contributed by atoms with E-state index in [1.807, 2.05) is 23.1 Å². The lowest BCUT2D eigenvalue weighted by atomic mass is 10.1. The molecule has 3 rings (SSSR count). The molecule has 112 valence electrons. The van der Waals surface area contributed by atoms with Crippen LogP contribution in [0.5, 0.6) is 0 Å². The number of piperazine rings is 1. The number of nitrogens with one attached hydrogen (secondary N) is 2. The number of hydrogen-bond acceptors (Lipinski definition) is 2. The highest BCUT2D eigenvalue weighted by Crippen LogP contribution is 2.23. The van der Waals surface area contributed by atoms with E-state index < -0.39 is 0 Å². The number of aromatic amines is 1. The predicted octanol–water partition coefficient (Wildman–Crippen LogP) is 2.61. The second-order valence-electron chi connectivity index (χ2n) is 6.25. The van der Waals surface area contributed by atoms with Crippen LogP contribution in [0.25, 0.3) is 10.9 Å². The molecule has 1 amide bonds. The molecule has 4 nitrogen and oxygen atoms in total. The van der Waals surface area contributed by atoms with Gasteiger partial charge in [0.15, 0.2) is 0 Å². The van der Waals surface area contributed by atoms with Crippen LogP contribution in [0.1, 0.15) is 35.5 Å². The third-order valence-corrected chi connectivity index (χ3v) is 4.58. The molecule has 2 aromatic rings. The second kappa shape index (κ2) is 5.19. The number of carbonyl (C=O) groups is 1. The minimum atomic E-state index is 0.135. The number of rotatable bonds is 1. The molecular weight excluding hydrogens is 262 g/mol. The van der Waals surface area contributed by atoms with Gasteiger partial charge in [-0.25, -0.2) is 0 Å². The molecule has 21 heavy (non-hydrogen) atoms. The summed E-state index contributed by atoms with van der Waals surface area (Å²) in [6.07, 6.45) is 0. The van der Waals surface area contributed by atoms with Crippen molar-refractivity contribution in [3.63, 3.8) is 0 Å². The van der Waals surface area contributed by atoms with E-state index in [-0.39, 0.29) is 11.9 Å². The Kier molecular flexibility index (Phi) is 3.49. The summed E-state index contributed by atoms with van der Waals surface area (Å²) >= 11 is 0. The van der Waals surface area contributed by atoms with Crippen molar-refractivity contribution >= 4 is 16.8 Å². The van der Waals surface area contributed by atoms with Gasteiger partial charge in [-0.15, -0.1) is 0 Å². The third-order valence-electron chi connectivity index (χ3n) is 4.58. The van der Waals surface area contributed by atoms with Gasteiger partial charge in [0.2, 0.25) is 0 Å². The van der Waals surface area contributed by atoms with Crippen molar-refractivity contribution in [2.45, 2.75) is 39.8 Å². The molecule has 4 heteroatoms. The van der Waals surface area contributed by atoms with Crippen LogP contribution < -0.4 is 5.32 Å². The Balaban J connectivity index is 1.95. The molecule has 1 aliphatic rings. The van der Waals surface area contributed by atoms with Crippen LogP contribution in [0, 0.1) is 13.8 Å². The molecule has 2 N–H and O–H groups in total. The Hall–Kier alpha value is -1.81. The first-order valence-electron chi connectivity index (χ1n) is 7.60. The van der Waals surface area contributed by atoms with Crippen LogP contribution in [0.15, 0.2) is 18.2 Å². The molecule has 0 aliphatic carbocycles. The first-order chi connectivity index (χ1) is 9.97. The molecular formula is C17H23N3O. The summed E-state index contributed by atoms with van der Waals surface area (Å²) in [4.78, 5) is 18.1. The van der Waals surface area contributed by atoms with Crippen LogP contribution in [-0.4, -0.2) is 41.0 Å². The molecule has 2 unspecified atom stereocenters. The maximum atomic E-state index is 12.8. The first-order valence-corrected chi connectivity index (χ1v) is 7.60. The molecule has 0 saturated carbocycles. The van der Waals surface area contributed by atoms with Gasteiger partial charge >= 0.3 is 0 Å². The summed E-state index contributed by atoms with van der Waals surface area (Å²) in [7, 11) is 0. The molecule has 0 bridgehead atoms. The van der Waals surface area contributed by atoms with E-state index in [0.29, 0.717) is 6.04 Å². The quantitative estimate of drug-likeness (QED) is 0.846. The maximum absolute atomic E-state index is 12.8. The Bertz CT molecular complexity index is 689. The van der Waals surface area contributed by atoms with Crippen LogP contribution in [0.4, 0.5) is 0 Å². The predicted molar refractivity (Wildman–Crippen MR) is 85.7 cm³/mol. The minimum Gasteiger partial charge on any atom is -0.358 e. The number of benzene rings is 1. The molecule has 0 spiro atoms. The molecule has 2 atom stereocenters. The van der Waals surface area contributed by atoms with Crippen molar-refractivity contribution in [2.75, 3.05) is 13.1 Å². The Morgan fingerprint density at radius 2 is 2.05 bits per heavy atom. The van der Waals surface area contributed by atoms with E-state index >= 15 is 0 Å². The fraction of sp³-hybridized carbons (Fsp3) is 0.471. The molecule has 1 saturated heterocycles. The zero-order chi connectivity index (χ0) is 15.1. The van der Waals surface area contributed by atoms with Crippen LogP contribution in [0.2, 0.25) is 0 Å². The first kappa shape index (κ1) is 14.1. The third kappa shape index (κ3) is 2.44. The lowest BCUT2D eigenvalue weighted by Gasteiger charge is -2.37. The maximum Gasteiger partial charge on any atom is 0.254 e. The van der Waals surface area contributed by atoms with Crippen molar-refractivity contribution in [3.05, 3.63) is 35.0 Å². The smallest absolute Gasteiger partial charge is 0.254 e. The summed E-state index contributed by atoms with van der Waals surface area (Å²) < 4.78 is 0. The number of fused-ring (bicyclic) bond motifs is 1. The molecule has 2 heterocycles. The van der Waals surface area contributed by atoms with Crippen molar-refractivity contribution in [1.29, 1.82) is 0 Å². The molecule has 1 aromatic carbocycles. The minimum absolute atomic E-state index is 0.135. The number of hydrogen-bond donors (Lipinski definition) is 2. The fourth-order valence-corrected chi connectivity index (χ4v) is 3.06. The monoisotopic (exact) mass is 285 g/mol. The highest BCUT2D eigenvalue weighted by Gasteiger charge is 2.27.